The van der Waals surface area contributed by atoms with Crippen LogP contribution in [0.4, 0.5) is 43.7 Å². The lowest BCUT2D eigenvalue weighted by Crippen LogP contribution is -2.27. The molecule has 0 spiro atoms. The van der Waals surface area contributed by atoms with Crippen LogP contribution in [-0.4, -0.2) is 35.2 Å². The Balaban J connectivity index is -0.000000657. The van der Waals surface area contributed by atoms with Crippen molar-refractivity contribution >= 4 is 58.1 Å². The summed E-state index contributed by atoms with van der Waals surface area (Å²) in [5.74, 6) is -0.605. The van der Waals surface area contributed by atoms with E-state index in [1.807, 2.05) is 41.5 Å². The average Bonchev–Trinajstić information content (AvgIpc) is 3.09. The molecule has 0 aromatic heterocycles. The minimum Gasteiger partial charge on any atom is -0.444 e. The van der Waals surface area contributed by atoms with Gasteiger partial charge in [0, 0.05) is 0 Å². The van der Waals surface area contributed by atoms with Gasteiger partial charge in [0.2, 0.25) is 11.8 Å². The zero-order chi connectivity index (χ0) is 40.9. The molecular formula is C40H62N6O6. The first-order valence-corrected chi connectivity index (χ1v) is 17.1. The summed E-state index contributed by atoms with van der Waals surface area (Å²) in [5, 5.41) is 10.3. The lowest BCUT2D eigenvalue weighted by atomic mass is 10.2. The number of carbonyl (C=O) groups is 4. The van der Waals surface area contributed by atoms with Crippen molar-refractivity contribution in [2.75, 3.05) is 32.7 Å². The van der Waals surface area contributed by atoms with E-state index in [1.54, 1.807) is 114 Å². The van der Waals surface area contributed by atoms with Crippen LogP contribution in [0.2, 0.25) is 0 Å². The van der Waals surface area contributed by atoms with Crippen molar-refractivity contribution in [2.24, 2.45) is 0 Å². The fraction of sp³-hybridized carbons (Fsp3) is 0.350. The van der Waals surface area contributed by atoms with E-state index in [-0.39, 0.29) is 11.8 Å². The van der Waals surface area contributed by atoms with Crippen LogP contribution in [0.1, 0.15) is 83.1 Å². The molecular weight excluding hydrogens is 660 g/mol. The topological polar surface area (TPSA) is 187 Å². The van der Waals surface area contributed by atoms with Gasteiger partial charge in [0.05, 0.1) is 34.1 Å². The van der Waals surface area contributed by atoms with Crippen molar-refractivity contribution in [3.8, 4) is 0 Å². The number of anilines is 6. The third kappa shape index (κ3) is 25.2. The molecule has 0 fully saturated rings. The Morgan fingerprint density at radius 3 is 1.06 bits per heavy atom. The van der Waals surface area contributed by atoms with E-state index in [1.165, 1.54) is 6.08 Å². The molecule has 0 bridgehead atoms. The minimum atomic E-state index is -0.580. The summed E-state index contributed by atoms with van der Waals surface area (Å²) in [6.07, 6.45) is 1.28. The molecule has 0 saturated carbocycles. The highest BCUT2D eigenvalue weighted by molar-refractivity contribution is 6.03. The molecule has 12 nitrogen and oxygen atoms in total. The predicted octanol–water partition coefficient (Wildman–Crippen LogP) is 10.2. The van der Waals surface area contributed by atoms with Gasteiger partial charge in [0.1, 0.15) is 11.2 Å². The van der Waals surface area contributed by atoms with Crippen LogP contribution in [0.15, 0.2) is 98.1 Å². The van der Waals surface area contributed by atoms with Crippen LogP contribution >= 0.6 is 0 Å². The van der Waals surface area contributed by atoms with Crippen molar-refractivity contribution in [1.82, 2.24) is 0 Å². The second-order valence-corrected chi connectivity index (χ2v) is 11.4. The van der Waals surface area contributed by atoms with E-state index in [0.717, 1.165) is 6.08 Å². The number of hydrogen-bond donors (Lipinski definition) is 6. The van der Waals surface area contributed by atoms with E-state index in [0.29, 0.717) is 34.1 Å². The lowest BCUT2D eigenvalue weighted by Gasteiger charge is -2.20. The Bertz CT molecular complexity index is 1510. The van der Waals surface area contributed by atoms with E-state index < -0.39 is 23.4 Å². The van der Waals surface area contributed by atoms with Gasteiger partial charge in [-0.05, 0) is 90.1 Å². The molecule has 288 valence electrons. The van der Waals surface area contributed by atoms with Crippen LogP contribution in [0.5, 0.6) is 0 Å². The van der Waals surface area contributed by atoms with E-state index >= 15 is 0 Å². The SMILES string of the molecule is C=CC(=O)Nc1ccccc1N.C=CC(=O)Nc1ccccc1NC(=O)OC(C)(C)C.CC.CC.CC.CC(C)(C)OC(=O)Nc1ccccc1N. The van der Waals surface area contributed by atoms with E-state index in [4.69, 9.17) is 20.9 Å². The van der Waals surface area contributed by atoms with Gasteiger partial charge in [0.25, 0.3) is 0 Å². The van der Waals surface area contributed by atoms with Crippen molar-refractivity contribution < 1.29 is 28.7 Å². The molecule has 0 aliphatic rings. The smallest absolute Gasteiger partial charge is 0.412 e. The minimum absolute atomic E-state index is 0.257. The molecule has 52 heavy (non-hydrogen) atoms. The molecule has 0 aliphatic heterocycles. The summed E-state index contributed by atoms with van der Waals surface area (Å²) < 4.78 is 10.2. The highest BCUT2D eigenvalue weighted by Crippen LogP contribution is 2.22. The number of hydrogen-bond acceptors (Lipinski definition) is 8. The Labute approximate surface area is 311 Å². The number of carbonyl (C=O) groups excluding carboxylic acids is 4. The standard InChI is InChI=1S/C14H18N2O3.C11H16N2O2.C9H10N2O.3C2H6/c1-5-12(17)15-10-8-6-7-9-11(10)16-13(18)19-14(2,3)4;1-11(2,3)15-10(14)13-9-7-5-4-6-8(9)12;1-2-9(12)11-8-6-4-3-5-7(8)10;3*1-2/h5-9H,1H2,2-4H3,(H,15,17)(H,16,18);4-7H,12H2,1-3H3,(H,13,14);2-6H,1,10H2,(H,11,12);3*1-2H3. The van der Waals surface area contributed by atoms with Gasteiger partial charge in [-0.2, -0.15) is 0 Å². The van der Waals surface area contributed by atoms with E-state index in [9.17, 15) is 19.2 Å². The van der Waals surface area contributed by atoms with Crippen molar-refractivity contribution in [2.45, 2.75) is 94.3 Å². The van der Waals surface area contributed by atoms with Gasteiger partial charge in [-0.3, -0.25) is 20.2 Å². The van der Waals surface area contributed by atoms with Crippen LogP contribution < -0.4 is 32.7 Å². The van der Waals surface area contributed by atoms with Crippen molar-refractivity contribution in [3.63, 3.8) is 0 Å². The zero-order valence-corrected chi connectivity index (χ0v) is 33.1. The number of para-hydroxylation sites is 6. The summed E-state index contributed by atoms with van der Waals surface area (Å²) in [4.78, 5) is 45.2. The maximum absolute atomic E-state index is 11.7. The number of nitrogens with two attached hydrogens (primary N) is 2. The third-order valence-corrected chi connectivity index (χ3v) is 5.01. The predicted molar refractivity (Wildman–Crippen MR) is 220 cm³/mol. The molecule has 0 saturated heterocycles. The van der Waals surface area contributed by atoms with Gasteiger partial charge in [-0.15, -0.1) is 0 Å². The average molecular weight is 723 g/mol. The maximum Gasteiger partial charge on any atom is 0.412 e. The molecule has 0 radical (unpaired) electrons. The molecule has 0 aliphatic carbocycles. The highest BCUT2D eigenvalue weighted by Gasteiger charge is 2.18. The number of nitrogens with one attached hydrogen (secondary N) is 4. The maximum atomic E-state index is 11.7. The van der Waals surface area contributed by atoms with Crippen LogP contribution in [0.25, 0.3) is 0 Å². The molecule has 0 atom stereocenters. The molecule has 4 amide bonds. The summed E-state index contributed by atoms with van der Waals surface area (Å²) >= 11 is 0. The molecule has 0 unspecified atom stereocenters. The Morgan fingerprint density at radius 1 is 0.500 bits per heavy atom. The Kier molecular flexibility index (Phi) is 27.2. The number of amides is 4. The first-order chi connectivity index (χ1) is 24.4. The number of ether oxygens (including phenoxy) is 2. The fourth-order valence-corrected chi connectivity index (χ4v) is 3.12. The molecule has 8 N–H and O–H groups in total. The largest absolute Gasteiger partial charge is 0.444 e. The summed E-state index contributed by atoms with van der Waals surface area (Å²) in [7, 11) is 0. The van der Waals surface area contributed by atoms with Crippen LogP contribution in [0.3, 0.4) is 0 Å². The second-order valence-electron chi connectivity index (χ2n) is 11.4. The van der Waals surface area contributed by atoms with Crippen molar-refractivity contribution in [3.05, 3.63) is 98.1 Å². The van der Waals surface area contributed by atoms with E-state index in [2.05, 4.69) is 34.4 Å². The van der Waals surface area contributed by atoms with Gasteiger partial charge in [0.15, 0.2) is 0 Å². The van der Waals surface area contributed by atoms with Gasteiger partial charge >= 0.3 is 12.2 Å². The second kappa shape index (κ2) is 28.0. The quantitative estimate of drug-likeness (QED) is 0.107. The van der Waals surface area contributed by atoms with Crippen molar-refractivity contribution in [1.29, 1.82) is 0 Å². The highest BCUT2D eigenvalue weighted by atomic mass is 16.6. The Hall–Kier alpha value is -5.78. The van der Waals surface area contributed by atoms with Gasteiger partial charge in [-0.25, -0.2) is 9.59 Å². The van der Waals surface area contributed by atoms with Crippen LogP contribution in [-0.2, 0) is 19.1 Å². The summed E-state index contributed by atoms with van der Waals surface area (Å²) in [5.41, 5.74) is 13.3. The Morgan fingerprint density at radius 2 is 0.750 bits per heavy atom. The first-order valence-electron chi connectivity index (χ1n) is 17.1. The fourth-order valence-electron chi connectivity index (χ4n) is 3.12. The lowest BCUT2D eigenvalue weighted by molar-refractivity contribution is -0.112. The molecule has 12 heteroatoms. The first kappa shape index (κ1) is 50.6. The monoisotopic (exact) mass is 722 g/mol. The molecule has 3 aromatic carbocycles. The summed E-state index contributed by atoms with van der Waals surface area (Å²) in [6.45, 7) is 29.5. The third-order valence-electron chi connectivity index (χ3n) is 5.01. The number of benzene rings is 3. The van der Waals surface area contributed by atoms with Gasteiger partial charge in [-0.1, -0.05) is 91.1 Å². The molecule has 3 aromatic rings. The number of rotatable bonds is 6. The normalized spacial score (nSPS) is 9.38. The van der Waals surface area contributed by atoms with Gasteiger partial charge < -0.3 is 31.6 Å². The zero-order valence-electron chi connectivity index (χ0n) is 33.1. The summed E-state index contributed by atoms with van der Waals surface area (Å²) in [6, 6.07) is 20.9. The molecule has 3 rings (SSSR count). The number of nitrogen functional groups attached to an aromatic ring is 2. The van der Waals surface area contributed by atoms with Crippen LogP contribution in [0, 0.1) is 0 Å². The molecule has 0 heterocycles.